The molecule has 0 saturated carbocycles. The number of H-pyrrole nitrogens is 1. The third-order valence-electron chi connectivity index (χ3n) is 4.21. The summed E-state index contributed by atoms with van der Waals surface area (Å²) in [5.41, 5.74) is 11.4. The van der Waals surface area contributed by atoms with E-state index < -0.39 is 0 Å². The standard InChI is InChI=1S/C20H17N5S/c1-11-3-5-13(6-4-11)17-18(14-7-9-15(21)10-8-14)24-19-16(23-17)12(2)22-20(26)25-19/h3-10H,2,21H2,1H3,(H2,22,24,25,26). The number of nitrogen functional groups attached to an aromatic ring is 1. The second kappa shape index (κ2) is 6.24. The van der Waals surface area contributed by atoms with Crippen LogP contribution in [0.4, 0.5) is 11.5 Å². The van der Waals surface area contributed by atoms with E-state index in [0.29, 0.717) is 27.0 Å². The van der Waals surface area contributed by atoms with E-state index in [0.717, 1.165) is 22.5 Å². The zero-order valence-electron chi connectivity index (χ0n) is 14.2. The quantitative estimate of drug-likeness (QED) is 0.485. The Hall–Kier alpha value is -3.25. The molecule has 4 N–H and O–H groups in total. The van der Waals surface area contributed by atoms with Gasteiger partial charge in [-0.05, 0) is 31.3 Å². The molecule has 3 aromatic rings. The Morgan fingerprint density at radius 3 is 2.35 bits per heavy atom. The number of nitrogens with zero attached hydrogens (tertiary/aromatic N) is 2. The number of aryl methyl sites for hydroxylation is 1. The van der Waals surface area contributed by atoms with Crippen LogP contribution in [0.1, 0.15) is 16.7 Å². The van der Waals surface area contributed by atoms with Crippen molar-refractivity contribution in [1.29, 1.82) is 0 Å². The highest BCUT2D eigenvalue weighted by Crippen LogP contribution is 2.30. The Morgan fingerprint density at radius 1 is 1.00 bits per heavy atom. The fraction of sp³-hybridized carbons (Fsp3) is 0.0500. The minimum Gasteiger partial charge on any atom is -0.399 e. The summed E-state index contributed by atoms with van der Waals surface area (Å²) in [6, 6.07) is 15.9. The Bertz CT molecular complexity index is 1190. The number of nitrogens with two attached hydrogens (primary N) is 1. The van der Waals surface area contributed by atoms with Gasteiger partial charge in [-0.15, -0.1) is 0 Å². The Kier molecular flexibility index (Phi) is 3.89. The number of anilines is 2. The van der Waals surface area contributed by atoms with Crippen LogP contribution in [0.5, 0.6) is 0 Å². The molecule has 2 heterocycles. The lowest BCUT2D eigenvalue weighted by molar-refractivity contribution is 1.04. The van der Waals surface area contributed by atoms with Crippen molar-refractivity contribution in [2.24, 2.45) is 4.99 Å². The maximum atomic E-state index is 5.84. The van der Waals surface area contributed by atoms with Crippen molar-refractivity contribution >= 4 is 41.7 Å². The van der Waals surface area contributed by atoms with Crippen molar-refractivity contribution in [3.05, 3.63) is 80.7 Å². The van der Waals surface area contributed by atoms with Crippen molar-refractivity contribution in [3.63, 3.8) is 0 Å². The summed E-state index contributed by atoms with van der Waals surface area (Å²) in [5, 5.41) is 4.68. The number of aromatic nitrogens is 2. The van der Waals surface area contributed by atoms with Crippen LogP contribution in [0.25, 0.3) is 18.0 Å². The number of aromatic amines is 1. The van der Waals surface area contributed by atoms with Crippen LogP contribution >= 0.6 is 12.2 Å². The minimum absolute atomic E-state index is 0.367. The molecule has 0 amide bonds. The first-order chi connectivity index (χ1) is 12.5. The summed E-state index contributed by atoms with van der Waals surface area (Å²) in [6.07, 6.45) is 0. The molecule has 0 spiro atoms. The number of nitrogens with one attached hydrogen (secondary N) is 2. The summed E-state index contributed by atoms with van der Waals surface area (Å²) < 4.78 is 0.367. The molecule has 0 saturated heterocycles. The average Bonchev–Trinajstić information content (AvgIpc) is 2.62. The highest BCUT2D eigenvalue weighted by molar-refractivity contribution is 7.71. The van der Waals surface area contributed by atoms with E-state index in [1.807, 2.05) is 24.3 Å². The van der Waals surface area contributed by atoms with Gasteiger partial charge in [0.25, 0.3) is 0 Å². The molecule has 128 valence electrons. The van der Waals surface area contributed by atoms with Crippen molar-refractivity contribution < 1.29 is 0 Å². The highest BCUT2D eigenvalue weighted by atomic mass is 32.1. The molecule has 4 rings (SSSR count). The summed E-state index contributed by atoms with van der Waals surface area (Å²) in [5.74, 6) is 0.599. The SMILES string of the molecule is C=c1[nH]c(=S)nc2c1=NC(c1ccc(C)cc1)=C(c1ccc(N)cc1)N2. The number of hydrogen-bond acceptors (Lipinski definition) is 5. The fourth-order valence-electron chi connectivity index (χ4n) is 2.85. The normalized spacial score (nSPS) is 13.0. The first-order valence-electron chi connectivity index (χ1n) is 8.13. The number of fused-ring (bicyclic) bond motifs is 1. The largest absolute Gasteiger partial charge is 0.399 e. The third kappa shape index (κ3) is 2.91. The lowest BCUT2D eigenvalue weighted by Crippen LogP contribution is -2.34. The highest BCUT2D eigenvalue weighted by Gasteiger charge is 2.18. The van der Waals surface area contributed by atoms with Crippen LogP contribution in [0.2, 0.25) is 0 Å². The maximum absolute atomic E-state index is 5.84. The minimum atomic E-state index is 0.367. The molecule has 5 nitrogen and oxygen atoms in total. The van der Waals surface area contributed by atoms with Crippen LogP contribution in [-0.2, 0) is 0 Å². The van der Waals surface area contributed by atoms with Crippen molar-refractivity contribution in [1.82, 2.24) is 9.97 Å². The first-order valence-corrected chi connectivity index (χ1v) is 8.54. The van der Waals surface area contributed by atoms with Crippen LogP contribution < -0.4 is 21.8 Å². The van der Waals surface area contributed by atoms with Gasteiger partial charge in [0.15, 0.2) is 10.6 Å². The molecule has 26 heavy (non-hydrogen) atoms. The molecule has 1 aliphatic heterocycles. The van der Waals surface area contributed by atoms with Crippen molar-refractivity contribution in [2.75, 3.05) is 11.1 Å². The zero-order chi connectivity index (χ0) is 18.3. The van der Waals surface area contributed by atoms with Gasteiger partial charge in [0, 0.05) is 16.8 Å². The number of rotatable bonds is 2. The summed E-state index contributed by atoms with van der Waals surface area (Å²) in [7, 11) is 0. The van der Waals surface area contributed by atoms with Crippen LogP contribution in [0.3, 0.4) is 0 Å². The summed E-state index contributed by atoms with van der Waals surface area (Å²) in [6.45, 7) is 6.07. The van der Waals surface area contributed by atoms with E-state index in [-0.39, 0.29) is 0 Å². The van der Waals surface area contributed by atoms with Gasteiger partial charge in [0.05, 0.1) is 16.7 Å². The molecule has 0 atom stereocenters. The second-order valence-electron chi connectivity index (χ2n) is 6.17. The topological polar surface area (TPSA) is 79.1 Å². The van der Waals surface area contributed by atoms with Crippen LogP contribution in [-0.4, -0.2) is 9.97 Å². The van der Waals surface area contributed by atoms with Gasteiger partial charge < -0.3 is 16.0 Å². The molecule has 0 aliphatic carbocycles. The van der Waals surface area contributed by atoms with Crippen LogP contribution in [0.15, 0.2) is 53.5 Å². The first kappa shape index (κ1) is 16.2. The molecule has 1 aromatic heterocycles. The van der Waals surface area contributed by atoms with E-state index in [1.54, 1.807) is 0 Å². The van der Waals surface area contributed by atoms with Crippen molar-refractivity contribution in [2.45, 2.75) is 6.92 Å². The smallest absolute Gasteiger partial charge is 0.199 e. The van der Waals surface area contributed by atoms with Gasteiger partial charge in [-0.3, -0.25) is 0 Å². The van der Waals surface area contributed by atoms with Gasteiger partial charge in [0.1, 0.15) is 5.36 Å². The Morgan fingerprint density at radius 2 is 1.65 bits per heavy atom. The Balaban J connectivity index is 2.01. The molecule has 2 aromatic carbocycles. The van der Waals surface area contributed by atoms with Gasteiger partial charge in [0.2, 0.25) is 0 Å². The van der Waals surface area contributed by atoms with Gasteiger partial charge in [-0.25, -0.2) is 9.98 Å². The second-order valence-corrected chi connectivity index (χ2v) is 6.55. The Labute approximate surface area is 155 Å². The third-order valence-corrected chi connectivity index (χ3v) is 4.40. The molecule has 0 unspecified atom stereocenters. The molecule has 0 radical (unpaired) electrons. The number of hydrogen-bond donors (Lipinski definition) is 3. The summed E-state index contributed by atoms with van der Waals surface area (Å²) >= 11 is 5.17. The fourth-order valence-corrected chi connectivity index (χ4v) is 3.06. The van der Waals surface area contributed by atoms with E-state index in [9.17, 15) is 0 Å². The van der Waals surface area contributed by atoms with Gasteiger partial charge in [-0.1, -0.05) is 48.5 Å². The molecule has 1 aliphatic rings. The molecule has 0 bridgehead atoms. The van der Waals surface area contributed by atoms with E-state index in [4.69, 9.17) is 22.9 Å². The lowest BCUT2D eigenvalue weighted by atomic mass is 10.0. The van der Waals surface area contributed by atoms with E-state index in [2.05, 4.69) is 53.1 Å². The van der Waals surface area contributed by atoms with E-state index in [1.165, 1.54) is 5.56 Å². The molecular formula is C20H17N5S. The van der Waals surface area contributed by atoms with Gasteiger partial charge >= 0.3 is 0 Å². The van der Waals surface area contributed by atoms with E-state index >= 15 is 0 Å². The predicted molar refractivity (Wildman–Crippen MR) is 108 cm³/mol. The predicted octanol–water partition coefficient (Wildman–Crippen LogP) is 3.01. The lowest BCUT2D eigenvalue weighted by Gasteiger charge is -2.19. The zero-order valence-corrected chi connectivity index (χ0v) is 15.0. The molecular weight excluding hydrogens is 342 g/mol. The maximum Gasteiger partial charge on any atom is 0.199 e. The van der Waals surface area contributed by atoms with Gasteiger partial charge in [-0.2, -0.15) is 0 Å². The number of benzene rings is 2. The average molecular weight is 359 g/mol. The summed E-state index contributed by atoms with van der Waals surface area (Å²) in [4.78, 5) is 12.2. The molecule has 6 heteroatoms. The molecule has 0 fully saturated rings. The monoisotopic (exact) mass is 359 g/mol. The van der Waals surface area contributed by atoms with Crippen LogP contribution in [0, 0.1) is 11.7 Å². The van der Waals surface area contributed by atoms with Crippen molar-refractivity contribution in [3.8, 4) is 0 Å².